The van der Waals surface area contributed by atoms with Crippen molar-refractivity contribution in [3.63, 3.8) is 0 Å². The number of anilines is 1. The van der Waals surface area contributed by atoms with E-state index in [2.05, 4.69) is 15.5 Å². The van der Waals surface area contributed by atoms with Crippen LogP contribution in [0, 0.1) is 17.0 Å². The third-order valence-corrected chi connectivity index (χ3v) is 3.36. The monoisotopic (exact) mass is 308 g/mol. The smallest absolute Gasteiger partial charge is 0.276 e. The first-order valence-electron chi connectivity index (χ1n) is 6.82. The first-order chi connectivity index (χ1) is 11.0. The lowest BCUT2D eigenvalue weighted by molar-refractivity contribution is -0.384. The summed E-state index contributed by atoms with van der Waals surface area (Å²) in [5.74, 6) is -0.300. The minimum Gasteiger partial charge on any atom is -0.320 e. The Balaban J connectivity index is 1.84. The molecule has 0 saturated heterocycles. The molecule has 7 nitrogen and oxygen atoms in total. The molecule has 23 heavy (non-hydrogen) atoms. The molecule has 0 radical (unpaired) electrons. The highest BCUT2D eigenvalue weighted by atomic mass is 16.6. The third-order valence-electron chi connectivity index (χ3n) is 3.36. The van der Waals surface area contributed by atoms with E-state index in [0.29, 0.717) is 11.3 Å². The van der Waals surface area contributed by atoms with Crippen molar-refractivity contribution < 1.29 is 9.72 Å². The van der Waals surface area contributed by atoms with Gasteiger partial charge < -0.3 is 5.32 Å². The van der Waals surface area contributed by atoms with E-state index in [9.17, 15) is 14.9 Å². The lowest BCUT2D eigenvalue weighted by Crippen LogP contribution is -2.13. The van der Waals surface area contributed by atoms with E-state index in [4.69, 9.17) is 0 Å². The van der Waals surface area contributed by atoms with Crippen LogP contribution in [-0.4, -0.2) is 22.8 Å². The highest BCUT2D eigenvalue weighted by Gasteiger charge is 2.25. The topological polar surface area (TPSA) is 97.0 Å². The molecule has 0 bridgehead atoms. The van der Waals surface area contributed by atoms with Gasteiger partial charge in [0.15, 0.2) is 5.71 Å². The van der Waals surface area contributed by atoms with Gasteiger partial charge in [0.1, 0.15) is 0 Å². The zero-order valence-corrected chi connectivity index (χ0v) is 12.2. The Labute approximate surface area is 131 Å². The zero-order chi connectivity index (χ0) is 16.4. The average Bonchev–Trinajstić information content (AvgIpc) is 2.83. The number of aryl methyl sites for hydroxylation is 1. The van der Waals surface area contributed by atoms with Gasteiger partial charge >= 0.3 is 0 Å². The van der Waals surface area contributed by atoms with E-state index >= 15 is 0 Å². The second kappa shape index (κ2) is 5.80. The number of hydrogen-bond acceptors (Lipinski definition) is 5. The van der Waals surface area contributed by atoms with Gasteiger partial charge in [0, 0.05) is 17.7 Å². The van der Waals surface area contributed by atoms with Gasteiger partial charge in [-0.15, -0.1) is 5.10 Å². The fourth-order valence-corrected chi connectivity index (χ4v) is 2.20. The highest BCUT2D eigenvalue weighted by molar-refractivity contribution is 6.53. The summed E-state index contributed by atoms with van der Waals surface area (Å²) in [6, 6.07) is 11.5. The summed E-state index contributed by atoms with van der Waals surface area (Å²) in [7, 11) is 0. The molecule has 0 saturated carbocycles. The highest BCUT2D eigenvalue weighted by Crippen LogP contribution is 2.24. The lowest BCUT2D eigenvalue weighted by Gasteiger charge is -1.97. The van der Waals surface area contributed by atoms with Crippen molar-refractivity contribution in [1.82, 2.24) is 0 Å². The quantitative estimate of drug-likeness (QED) is 0.536. The number of hydrogen-bond donors (Lipinski definition) is 1. The maximum absolute atomic E-state index is 11.9. The van der Waals surface area contributed by atoms with Gasteiger partial charge in [0.2, 0.25) is 0 Å². The number of benzene rings is 2. The standard InChI is InChI=1S/C16H12N4O3/c1-10-2-7-14-13(8-10)15(16(21)18-14)19-17-9-11-3-5-12(6-4-11)20(22)23/h2-9H,1H3,(H,18,19,21)/b17-9+. The van der Waals surface area contributed by atoms with Crippen LogP contribution in [0.5, 0.6) is 0 Å². The molecule has 0 atom stereocenters. The van der Waals surface area contributed by atoms with E-state index in [0.717, 1.165) is 11.1 Å². The number of nitro benzene ring substituents is 1. The van der Waals surface area contributed by atoms with Crippen molar-refractivity contribution in [2.24, 2.45) is 10.2 Å². The predicted octanol–water partition coefficient (Wildman–Crippen LogP) is 2.68. The van der Waals surface area contributed by atoms with Crippen LogP contribution in [-0.2, 0) is 4.79 Å². The van der Waals surface area contributed by atoms with Gasteiger partial charge in [0.25, 0.3) is 11.6 Å². The molecular weight excluding hydrogens is 296 g/mol. The second-order valence-electron chi connectivity index (χ2n) is 5.04. The Bertz CT molecular complexity index is 854. The van der Waals surface area contributed by atoms with Gasteiger partial charge in [0.05, 0.1) is 16.8 Å². The van der Waals surface area contributed by atoms with Gasteiger partial charge in [-0.25, -0.2) is 0 Å². The number of non-ortho nitro benzene ring substituents is 1. The van der Waals surface area contributed by atoms with E-state index in [1.807, 2.05) is 25.1 Å². The van der Waals surface area contributed by atoms with Crippen LogP contribution in [0.4, 0.5) is 11.4 Å². The van der Waals surface area contributed by atoms with Crippen LogP contribution in [0.15, 0.2) is 52.7 Å². The van der Waals surface area contributed by atoms with Crippen LogP contribution in [0.3, 0.4) is 0 Å². The first-order valence-corrected chi connectivity index (χ1v) is 6.82. The number of carbonyl (C=O) groups is 1. The number of nitrogens with zero attached hydrogens (tertiary/aromatic N) is 3. The first kappa shape index (κ1) is 14.6. The van der Waals surface area contributed by atoms with Crippen molar-refractivity contribution in [2.75, 3.05) is 5.32 Å². The SMILES string of the molecule is Cc1ccc2c(c1)/C(=N\N=C\c1ccc([N+](=O)[O-])cc1)C(=O)N2. The molecule has 0 aliphatic carbocycles. The fraction of sp³-hybridized carbons (Fsp3) is 0.0625. The molecular formula is C16H12N4O3. The average molecular weight is 308 g/mol. The van der Waals surface area contributed by atoms with Crippen LogP contribution in [0.25, 0.3) is 0 Å². The Morgan fingerprint density at radius 3 is 2.61 bits per heavy atom. The molecule has 1 aliphatic heterocycles. The van der Waals surface area contributed by atoms with Crippen LogP contribution in [0.1, 0.15) is 16.7 Å². The second-order valence-corrected chi connectivity index (χ2v) is 5.04. The van der Waals surface area contributed by atoms with Crippen LogP contribution in [0.2, 0.25) is 0 Å². The number of rotatable bonds is 3. The summed E-state index contributed by atoms with van der Waals surface area (Å²) in [5.41, 5.74) is 3.37. The van der Waals surface area contributed by atoms with Crippen LogP contribution >= 0.6 is 0 Å². The van der Waals surface area contributed by atoms with E-state index in [1.54, 1.807) is 12.1 Å². The third kappa shape index (κ3) is 2.98. The summed E-state index contributed by atoms with van der Waals surface area (Å²) >= 11 is 0. The van der Waals surface area contributed by atoms with Crippen molar-refractivity contribution in [1.29, 1.82) is 0 Å². The van der Waals surface area contributed by atoms with Crippen molar-refractivity contribution in [3.8, 4) is 0 Å². The van der Waals surface area contributed by atoms with Crippen molar-refractivity contribution >= 4 is 29.2 Å². The minimum atomic E-state index is -0.469. The molecule has 2 aromatic carbocycles. The summed E-state index contributed by atoms with van der Waals surface area (Å²) in [6.07, 6.45) is 1.44. The summed E-state index contributed by atoms with van der Waals surface area (Å²) < 4.78 is 0. The van der Waals surface area contributed by atoms with E-state index < -0.39 is 4.92 Å². The number of amides is 1. The van der Waals surface area contributed by atoms with Gasteiger partial charge in [-0.1, -0.05) is 11.6 Å². The molecule has 0 unspecified atom stereocenters. The predicted molar refractivity (Wildman–Crippen MR) is 87.0 cm³/mol. The van der Waals surface area contributed by atoms with E-state index in [-0.39, 0.29) is 17.3 Å². The Morgan fingerprint density at radius 2 is 1.91 bits per heavy atom. The molecule has 0 fully saturated rings. The van der Waals surface area contributed by atoms with Crippen molar-refractivity contribution in [3.05, 3.63) is 69.3 Å². The number of nitro groups is 1. The normalized spacial score (nSPS) is 15.0. The maximum Gasteiger partial charge on any atom is 0.276 e. The molecule has 1 N–H and O–H groups in total. The number of fused-ring (bicyclic) bond motifs is 1. The Kier molecular flexibility index (Phi) is 3.68. The summed E-state index contributed by atoms with van der Waals surface area (Å²) in [6.45, 7) is 1.93. The molecule has 1 aliphatic rings. The Morgan fingerprint density at radius 1 is 1.17 bits per heavy atom. The fourth-order valence-electron chi connectivity index (χ4n) is 2.20. The molecule has 114 valence electrons. The summed E-state index contributed by atoms with van der Waals surface area (Å²) in [4.78, 5) is 22.0. The van der Waals surface area contributed by atoms with Gasteiger partial charge in [-0.3, -0.25) is 14.9 Å². The van der Waals surface area contributed by atoms with Crippen molar-refractivity contribution in [2.45, 2.75) is 6.92 Å². The molecule has 0 spiro atoms. The number of nitrogens with one attached hydrogen (secondary N) is 1. The maximum atomic E-state index is 11.9. The largest absolute Gasteiger partial charge is 0.320 e. The van der Waals surface area contributed by atoms with Crippen LogP contribution < -0.4 is 5.32 Å². The number of carbonyl (C=O) groups excluding carboxylic acids is 1. The van der Waals surface area contributed by atoms with E-state index in [1.165, 1.54) is 18.3 Å². The zero-order valence-electron chi connectivity index (χ0n) is 12.2. The van der Waals surface area contributed by atoms with Gasteiger partial charge in [-0.05, 0) is 36.8 Å². The lowest BCUT2D eigenvalue weighted by atomic mass is 10.1. The molecule has 3 rings (SSSR count). The van der Waals surface area contributed by atoms with Gasteiger partial charge in [-0.2, -0.15) is 5.10 Å². The molecule has 7 heteroatoms. The molecule has 0 aromatic heterocycles. The minimum absolute atomic E-state index is 0.00744. The molecule has 2 aromatic rings. The molecule has 1 amide bonds. The summed E-state index contributed by atoms with van der Waals surface area (Å²) in [5, 5.41) is 21.2. The molecule has 1 heterocycles. The Hall–Kier alpha value is -3.35.